The molecule has 0 aromatic heterocycles. The first-order valence-electron chi connectivity index (χ1n) is 10.2. The number of hydrogen-bond donors (Lipinski definition) is 2. The third-order valence-electron chi connectivity index (χ3n) is 5.74. The van der Waals surface area contributed by atoms with Crippen molar-refractivity contribution in [2.24, 2.45) is 0 Å². The van der Waals surface area contributed by atoms with Gasteiger partial charge in [0.15, 0.2) is 0 Å². The van der Waals surface area contributed by atoms with E-state index in [1.54, 1.807) is 6.07 Å². The van der Waals surface area contributed by atoms with Crippen LogP contribution in [-0.2, 0) is 6.42 Å². The first-order chi connectivity index (χ1) is 13.2. The summed E-state index contributed by atoms with van der Waals surface area (Å²) in [5.74, 6) is -3.89. The van der Waals surface area contributed by atoms with Gasteiger partial charge in [0, 0.05) is 11.5 Å². The van der Waals surface area contributed by atoms with Crippen molar-refractivity contribution in [1.29, 1.82) is 0 Å². The lowest BCUT2D eigenvalue weighted by atomic mass is 9.83. The van der Waals surface area contributed by atoms with Gasteiger partial charge in [0.1, 0.15) is 11.5 Å². The smallest absolute Gasteiger partial charge is 0.282 e. The van der Waals surface area contributed by atoms with Crippen molar-refractivity contribution in [1.82, 2.24) is 4.90 Å². The maximum absolute atomic E-state index is 13.3. The Labute approximate surface area is 164 Å². The minimum absolute atomic E-state index is 0.0227. The summed E-state index contributed by atoms with van der Waals surface area (Å²) < 4.78 is 26.6. The average molecular weight is 393 g/mol. The molecule has 1 amide bonds. The third-order valence-corrected chi connectivity index (χ3v) is 5.74. The van der Waals surface area contributed by atoms with Crippen LogP contribution in [-0.4, -0.2) is 40.0 Å². The molecular formula is C22H29F2NO3. The Balaban J connectivity index is 2.01. The highest BCUT2D eigenvalue weighted by molar-refractivity contribution is 6.00. The number of phenolic OH excluding ortho intramolecular Hbond substituents is 2. The number of carbonyl (C=O) groups is 1. The molecule has 1 fully saturated rings. The summed E-state index contributed by atoms with van der Waals surface area (Å²) in [6, 6.07) is 1.55. The van der Waals surface area contributed by atoms with Crippen LogP contribution >= 0.6 is 0 Å². The number of nitrogens with zero attached hydrogens (tertiary/aromatic N) is 1. The molecule has 1 aromatic carbocycles. The highest BCUT2D eigenvalue weighted by atomic mass is 19.3. The summed E-state index contributed by atoms with van der Waals surface area (Å²) in [5.41, 5.74) is 2.13. The van der Waals surface area contributed by atoms with Gasteiger partial charge in [-0.3, -0.25) is 4.79 Å². The number of hydrogen-bond acceptors (Lipinski definition) is 3. The first kappa shape index (κ1) is 20.6. The molecule has 3 rings (SSSR count). The van der Waals surface area contributed by atoms with Crippen LogP contribution in [0.25, 0.3) is 0 Å². The lowest BCUT2D eigenvalue weighted by molar-refractivity contribution is -0.113. The zero-order chi connectivity index (χ0) is 20.5. The van der Waals surface area contributed by atoms with E-state index in [0.29, 0.717) is 17.5 Å². The number of aromatic hydroxyl groups is 2. The van der Waals surface area contributed by atoms with E-state index in [2.05, 4.69) is 6.92 Å². The number of likely N-dealkylation sites (tertiary alicyclic amines) is 1. The normalized spacial score (nSPS) is 21.2. The molecule has 0 spiro atoms. The predicted molar refractivity (Wildman–Crippen MR) is 104 cm³/mol. The van der Waals surface area contributed by atoms with Crippen molar-refractivity contribution in [2.75, 3.05) is 13.1 Å². The Hall–Kier alpha value is -2.11. The summed E-state index contributed by atoms with van der Waals surface area (Å²) in [4.78, 5) is 14.0. The Morgan fingerprint density at radius 1 is 1.29 bits per heavy atom. The molecule has 28 heavy (non-hydrogen) atoms. The van der Waals surface area contributed by atoms with Gasteiger partial charge in [0.25, 0.3) is 11.8 Å². The second-order valence-electron chi connectivity index (χ2n) is 8.18. The van der Waals surface area contributed by atoms with Gasteiger partial charge >= 0.3 is 0 Å². The van der Waals surface area contributed by atoms with Crippen LogP contribution in [0.5, 0.6) is 11.5 Å². The fourth-order valence-corrected chi connectivity index (χ4v) is 4.24. The summed E-state index contributed by atoms with van der Waals surface area (Å²) in [7, 11) is 0. The topological polar surface area (TPSA) is 60.8 Å². The van der Waals surface area contributed by atoms with E-state index >= 15 is 0 Å². The summed E-state index contributed by atoms with van der Waals surface area (Å²) >= 11 is 0. The molecule has 0 saturated carbocycles. The number of rotatable bonds is 6. The maximum atomic E-state index is 13.3. The van der Waals surface area contributed by atoms with Crippen LogP contribution < -0.4 is 0 Å². The lowest BCUT2D eigenvalue weighted by Crippen LogP contribution is -2.58. The van der Waals surface area contributed by atoms with Crippen molar-refractivity contribution in [3.8, 4) is 11.5 Å². The predicted octanol–water partition coefficient (Wildman–Crippen LogP) is 5.14. The number of unbranched alkanes of at least 4 members (excludes halogenated alkanes) is 2. The quantitative estimate of drug-likeness (QED) is 0.520. The van der Waals surface area contributed by atoms with E-state index in [4.69, 9.17) is 0 Å². The molecule has 0 radical (unpaired) electrons. The van der Waals surface area contributed by atoms with Crippen molar-refractivity contribution >= 4 is 5.91 Å². The molecule has 6 heteroatoms. The molecule has 1 aliphatic carbocycles. The van der Waals surface area contributed by atoms with Crippen LogP contribution in [0.1, 0.15) is 79.8 Å². The number of aryl methyl sites for hydroxylation is 1. The summed E-state index contributed by atoms with van der Waals surface area (Å²) in [6.07, 6.45) is 7.94. The van der Waals surface area contributed by atoms with Gasteiger partial charge in [0.2, 0.25) is 0 Å². The zero-order valence-corrected chi connectivity index (χ0v) is 16.6. The molecule has 1 unspecified atom stereocenters. The average Bonchev–Trinajstić information content (AvgIpc) is 2.59. The van der Waals surface area contributed by atoms with Gasteiger partial charge in [-0.2, -0.15) is 0 Å². The van der Waals surface area contributed by atoms with E-state index in [9.17, 15) is 23.8 Å². The fraction of sp³-hybridized carbons (Fsp3) is 0.591. The molecule has 1 heterocycles. The molecular weight excluding hydrogens is 364 g/mol. The van der Waals surface area contributed by atoms with Gasteiger partial charge in [-0.25, -0.2) is 8.78 Å². The molecule has 1 atom stereocenters. The van der Waals surface area contributed by atoms with E-state index in [0.717, 1.165) is 43.4 Å². The Morgan fingerprint density at radius 2 is 2.00 bits per heavy atom. The van der Waals surface area contributed by atoms with Crippen molar-refractivity contribution in [3.05, 3.63) is 34.4 Å². The fourth-order valence-electron chi connectivity index (χ4n) is 4.24. The van der Waals surface area contributed by atoms with Gasteiger partial charge in [-0.1, -0.05) is 31.4 Å². The zero-order valence-electron chi connectivity index (χ0n) is 16.6. The van der Waals surface area contributed by atoms with Gasteiger partial charge in [-0.05, 0) is 50.7 Å². The molecule has 0 bridgehead atoms. The van der Waals surface area contributed by atoms with Crippen molar-refractivity contribution < 1.29 is 23.8 Å². The molecule has 4 nitrogen and oxygen atoms in total. The molecule has 1 saturated heterocycles. The standard InChI is InChI=1S/C22H29F2NO3/c1-3-4-5-8-16-11-17(26)18(15-9-6-7-14(2)10-15)20(27)19(16)21(28)25-12-22(23,24)13-25/h10-11,15,26-27H,3-9,12-13H2,1-2H3. The summed E-state index contributed by atoms with van der Waals surface area (Å²) in [5, 5.41) is 21.6. The number of carbonyl (C=O) groups excluding carboxylic acids is 1. The Kier molecular flexibility index (Phi) is 5.96. The molecule has 2 N–H and O–H groups in total. The van der Waals surface area contributed by atoms with Gasteiger partial charge < -0.3 is 15.1 Å². The SMILES string of the molecule is CCCCCc1cc(O)c(C2C=C(C)CCC2)c(O)c1C(=O)N1CC(F)(F)C1. The largest absolute Gasteiger partial charge is 0.507 e. The van der Waals surface area contributed by atoms with E-state index < -0.39 is 24.9 Å². The van der Waals surface area contributed by atoms with Crippen LogP contribution in [0, 0.1) is 0 Å². The Morgan fingerprint density at radius 3 is 2.61 bits per heavy atom. The molecule has 1 aromatic rings. The van der Waals surface area contributed by atoms with Crippen LogP contribution in [0.2, 0.25) is 0 Å². The minimum Gasteiger partial charge on any atom is -0.507 e. The second-order valence-corrected chi connectivity index (χ2v) is 8.18. The van der Waals surface area contributed by atoms with E-state index in [1.807, 2.05) is 13.0 Å². The number of amides is 1. The maximum Gasteiger partial charge on any atom is 0.282 e. The Bertz CT molecular complexity index is 780. The van der Waals surface area contributed by atoms with Crippen molar-refractivity contribution in [3.63, 3.8) is 0 Å². The number of allylic oxidation sites excluding steroid dienone is 2. The first-order valence-corrected chi connectivity index (χ1v) is 10.2. The van der Waals surface area contributed by atoms with E-state index in [1.165, 1.54) is 5.57 Å². The highest BCUT2D eigenvalue weighted by Gasteiger charge is 2.47. The monoisotopic (exact) mass is 393 g/mol. The molecule has 154 valence electrons. The van der Waals surface area contributed by atoms with Crippen LogP contribution in [0.15, 0.2) is 17.7 Å². The van der Waals surface area contributed by atoms with E-state index in [-0.39, 0.29) is 23.0 Å². The van der Waals surface area contributed by atoms with Gasteiger partial charge in [-0.15, -0.1) is 0 Å². The second kappa shape index (κ2) is 8.10. The minimum atomic E-state index is -2.86. The molecule has 1 aliphatic heterocycles. The number of halogens is 2. The van der Waals surface area contributed by atoms with Crippen molar-refractivity contribution in [2.45, 2.75) is 70.6 Å². The molecule has 2 aliphatic rings. The van der Waals surface area contributed by atoms with Crippen LogP contribution in [0.3, 0.4) is 0 Å². The number of alkyl halides is 2. The summed E-state index contributed by atoms with van der Waals surface area (Å²) in [6.45, 7) is 2.81. The lowest BCUT2D eigenvalue weighted by Gasteiger charge is -2.39. The highest BCUT2D eigenvalue weighted by Crippen LogP contribution is 2.45. The number of benzene rings is 1. The van der Waals surface area contributed by atoms with Crippen LogP contribution in [0.4, 0.5) is 8.78 Å². The number of phenols is 2. The van der Waals surface area contributed by atoms with Gasteiger partial charge in [0.05, 0.1) is 18.7 Å². The third kappa shape index (κ3) is 4.15.